The van der Waals surface area contributed by atoms with Gasteiger partial charge in [0, 0.05) is 6.54 Å². The molecule has 0 spiro atoms. The fraction of sp³-hybridized carbons (Fsp3) is 0.143. The number of halogens is 1. The lowest BCUT2D eigenvalue weighted by Crippen LogP contribution is -2.00. The minimum Gasteiger partial charge on any atom is -0.508 e. The molecule has 3 nitrogen and oxygen atoms in total. The molecule has 0 aliphatic rings. The van der Waals surface area contributed by atoms with E-state index < -0.39 is 5.82 Å². The van der Waals surface area contributed by atoms with Crippen LogP contribution in [0, 0.1) is 5.82 Å². The summed E-state index contributed by atoms with van der Waals surface area (Å²) in [6, 6.07) is 11.3. The number of rotatable bonds is 4. The molecule has 0 atom stereocenters. The zero-order valence-corrected chi connectivity index (χ0v) is 9.77. The van der Waals surface area contributed by atoms with Crippen molar-refractivity contribution < 1.29 is 14.2 Å². The van der Waals surface area contributed by atoms with Crippen LogP contribution in [-0.2, 0) is 13.2 Å². The molecule has 0 aromatic heterocycles. The van der Waals surface area contributed by atoms with Gasteiger partial charge in [0.05, 0.1) is 0 Å². The van der Waals surface area contributed by atoms with Crippen molar-refractivity contribution in [1.82, 2.24) is 0 Å². The van der Waals surface area contributed by atoms with E-state index in [1.54, 1.807) is 36.4 Å². The minimum absolute atomic E-state index is 0.162. The molecule has 0 heterocycles. The molecular weight excluding hydrogens is 233 g/mol. The number of phenols is 1. The van der Waals surface area contributed by atoms with Crippen LogP contribution in [0.2, 0.25) is 0 Å². The van der Waals surface area contributed by atoms with Gasteiger partial charge in [0.25, 0.3) is 0 Å². The Hall–Kier alpha value is -2.07. The molecule has 2 aromatic carbocycles. The van der Waals surface area contributed by atoms with Gasteiger partial charge in [0.15, 0.2) is 11.6 Å². The summed E-state index contributed by atoms with van der Waals surface area (Å²) in [5.74, 6) is -0.0938. The Labute approximate surface area is 105 Å². The Morgan fingerprint density at radius 1 is 1.11 bits per heavy atom. The molecule has 2 aromatic rings. The van der Waals surface area contributed by atoms with Gasteiger partial charge in [-0.25, -0.2) is 4.39 Å². The summed E-state index contributed by atoms with van der Waals surface area (Å²) in [7, 11) is 0. The van der Waals surface area contributed by atoms with Crippen molar-refractivity contribution in [3.8, 4) is 11.5 Å². The second kappa shape index (κ2) is 5.51. The number of phenolic OH excluding ortho intramolecular Hbond substituents is 1. The standard InChI is InChI=1S/C14H14FNO2/c15-13-7-10(8-16)4-5-14(13)18-9-11-2-1-3-12(17)6-11/h1-7,17H,8-9,16H2. The third kappa shape index (κ3) is 2.99. The zero-order chi connectivity index (χ0) is 13.0. The van der Waals surface area contributed by atoms with Crippen LogP contribution in [0.3, 0.4) is 0 Å². The summed E-state index contributed by atoms with van der Waals surface area (Å²) < 4.78 is 18.9. The molecule has 0 aliphatic heterocycles. The van der Waals surface area contributed by atoms with Gasteiger partial charge < -0.3 is 15.6 Å². The normalized spacial score (nSPS) is 10.3. The predicted octanol–water partition coefficient (Wildman–Crippen LogP) is 2.57. The van der Waals surface area contributed by atoms with E-state index in [0.717, 1.165) is 11.1 Å². The number of aromatic hydroxyl groups is 1. The predicted molar refractivity (Wildman–Crippen MR) is 66.7 cm³/mol. The number of nitrogens with two attached hydrogens (primary N) is 1. The Kier molecular flexibility index (Phi) is 3.79. The second-order valence-electron chi connectivity index (χ2n) is 3.93. The minimum atomic E-state index is -0.432. The van der Waals surface area contributed by atoms with Gasteiger partial charge in [-0.1, -0.05) is 18.2 Å². The third-order valence-corrected chi connectivity index (χ3v) is 2.54. The van der Waals surface area contributed by atoms with Gasteiger partial charge in [-0.3, -0.25) is 0 Å². The maximum atomic E-state index is 13.6. The van der Waals surface area contributed by atoms with Crippen molar-refractivity contribution in [2.45, 2.75) is 13.2 Å². The number of hydrogen-bond acceptors (Lipinski definition) is 3. The number of benzene rings is 2. The van der Waals surface area contributed by atoms with Gasteiger partial charge >= 0.3 is 0 Å². The third-order valence-electron chi connectivity index (χ3n) is 2.54. The molecule has 0 radical (unpaired) electrons. The highest BCUT2D eigenvalue weighted by atomic mass is 19.1. The van der Waals surface area contributed by atoms with Crippen molar-refractivity contribution in [2.75, 3.05) is 0 Å². The van der Waals surface area contributed by atoms with E-state index in [9.17, 15) is 9.50 Å². The first kappa shape index (κ1) is 12.4. The largest absolute Gasteiger partial charge is 0.508 e. The van der Waals surface area contributed by atoms with Gasteiger partial charge in [-0.15, -0.1) is 0 Å². The Bertz CT molecular complexity index is 543. The van der Waals surface area contributed by atoms with Crippen LogP contribution >= 0.6 is 0 Å². The maximum Gasteiger partial charge on any atom is 0.165 e. The summed E-state index contributed by atoms with van der Waals surface area (Å²) in [6.07, 6.45) is 0. The molecule has 3 N–H and O–H groups in total. The van der Waals surface area contributed by atoms with Gasteiger partial charge in [-0.2, -0.15) is 0 Å². The van der Waals surface area contributed by atoms with E-state index in [2.05, 4.69) is 0 Å². The van der Waals surface area contributed by atoms with E-state index >= 15 is 0 Å². The molecule has 94 valence electrons. The molecule has 4 heteroatoms. The van der Waals surface area contributed by atoms with Crippen LogP contribution in [0.25, 0.3) is 0 Å². The highest BCUT2D eigenvalue weighted by Gasteiger charge is 2.04. The van der Waals surface area contributed by atoms with E-state index in [0.29, 0.717) is 6.54 Å². The zero-order valence-electron chi connectivity index (χ0n) is 9.77. The van der Waals surface area contributed by atoms with Crippen molar-refractivity contribution >= 4 is 0 Å². The van der Waals surface area contributed by atoms with Crippen LogP contribution in [0.15, 0.2) is 42.5 Å². The first-order valence-corrected chi connectivity index (χ1v) is 5.58. The summed E-state index contributed by atoms with van der Waals surface area (Å²) in [5.41, 5.74) is 6.91. The molecule has 0 aliphatic carbocycles. The van der Waals surface area contributed by atoms with Gasteiger partial charge in [0.1, 0.15) is 12.4 Å². The SMILES string of the molecule is NCc1ccc(OCc2cccc(O)c2)c(F)c1. The Morgan fingerprint density at radius 3 is 2.61 bits per heavy atom. The molecule has 18 heavy (non-hydrogen) atoms. The molecule has 0 fully saturated rings. The van der Waals surface area contributed by atoms with Crippen molar-refractivity contribution in [3.05, 3.63) is 59.4 Å². The highest BCUT2D eigenvalue weighted by molar-refractivity contribution is 5.30. The van der Waals surface area contributed by atoms with Crippen LogP contribution in [0.1, 0.15) is 11.1 Å². The van der Waals surface area contributed by atoms with Crippen LogP contribution in [0.5, 0.6) is 11.5 Å². The maximum absolute atomic E-state index is 13.6. The lowest BCUT2D eigenvalue weighted by molar-refractivity contribution is 0.289. The fourth-order valence-corrected chi connectivity index (χ4v) is 1.60. The lowest BCUT2D eigenvalue weighted by atomic mass is 10.2. The van der Waals surface area contributed by atoms with E-state index in [4.69, 9.17) is 10.5 Å². The lowest BCUT2D eigenvalue weighted by Gasteiger charge is -2.08. The van der Waals surface area contributed by atoms with E-state index in [1.807, 2.05) is 0 Å². The van der Waals surface area contributed by atoms with Crippen LogP contribution < -0.4 is 10.5 Å². The Balaban J connectivity index is 2.06. The summed E-state index contributed by atoms with van der Waals surface area (Å²) in [5, 5.41) is 9.29. The van der Waals surface area contributed by atoms with Crippen LogP contribution in [0.4, 0.5) is 4.39 Å². The summed E-state index contributed by atoms with van der Waals surface area (Å²) in [4.78, 5) is 0. The van der Waals surface area contributed by atoms with Crippen molar-refractivity contribution in [3.63, 3.8) is 0 Å². The van der Waals surface area contributed by atoms with Crippen molar-refractivity contribution in [2.24, 2.45) is 5.73 Å². The smallest absolute Gasteiger partial charge is 0.165 e. The first-order chi connectivity index (χ1) is 8.69. The summed E-state index contributed by atoms with van der Waals surface area (Å²) >= 11 is 0. The highest BCUT2D eigenvalue weighted by Crippen LogP contribution is 2.20. The van der Waals surface area contributed by atoms with Crippen molar-refractivity contribution in [1.29, 1.82) is 0 Å². The number of ether oxygens (including phenoxy) is 1. The van der Waals surface area contributed by atoms with Crippen LogP contribution in [-0.4, -0.2) is 5.11 Å². The summed E-state index contributed by atoms with van der Waals surface area (Å²) in [6.45, 7) is 0.497. The Morgan fingerprint density at radius 2 is 1.94 bits per heavy atom. The monoisotopic (exact) mass is 247 g/mol. The average molecular weight is 247 g/mol. The van der Waals surface area contributed by atoms with Gasteiger partial charge in [0.2, 0.25) is 0 Å². The topological polar surface area (TPSA) is 55.5 Å². The second-order valence-corrected chi connectivity index (χ2v) is 3.93. The first-order valence-electron chi connectivity index (χ1n) is 5.58. The van der Waals surface area contributed by atoms with E-state index in [-0.39, 0.29) is 18.1 Å². The molecule has 0 bridgehead atoms. The van der Waals surface area contributed by atoms with E-state index in [1.165, 1.54) is 6.07 Å². The molecule has 2 rings (SSSR count). The molecular formula is C14H14FNO2. The molecule has 0 amide bonds. The fourth-order valence-electron chi connectivity index (χ4n) is 1.60. The quantitative estimate of drug-likeness (QED) is 0.873. The number of hydrogen-bond donors (Lipinski definition) is 2. The molecule has 0 unspecified atom stereocenters. The molecule has 0 saturated heterocycles. The molecule has 0 saturated carbocycles. The average Bonchev–Trinajstić information content (AvgIpc) is 2.37. The van der Waals surface area contributed by atoms with Gasteiger partial charge in [-0.05, 0) is 35.4 Å².